The van der Waals surface area contributed by atoms with Crippen LogP contribution < -0.4 is 5.73 Å². The van der Waals surface area contributed by atoms with Crippen LogP contribution in [0.5, 0.6) is 0 Å². The Bertz CT molecular complexity index is 352. The first kappa shape index (κ1) is 16.1. The molecule has 1 aromatic rings. The summed E-state index contributed by atoms with van der Waals surface area (Å²) < 4.78 is 28.6. The van der Waals surface area contributed by atoms with Crippen molar-refractivity contribution in [1.82, 2.24) is 0 Å². The highest BCUT2D eigenvalue weighted by molar-refractivity contribution is 5.25. The first-order valence-corrected chi connectivity index (χ1v) is 6.69. The highest BCUT2D eigenvalue weighted by atomic mass is 19.3. The number of benzene rings is 1. The molecule has 0 aliphatic carbocycles. The van der Waals surface area contributed by atoms with E-state index < -0.39 is 13.0 Å². The minimum atomic E-state index is -2.41. The van der Waals surface area contributed by atoms with Gasteiger partial charge in [-0.15, -0.1) is 0 Å². The molecule has 0 heterocycles. The molecule has 0 aromatic heterocycles. The van der Waals surface area contributed by atoms with Crippen LogP contribution in [0.25, 0.3) is 0 Å². The Hall–Kier alpha value is -1.00. The van der Waals surface area contributed by atoms with E-state index in [1.807, 2.05) is 12.1 Å². The van der Waals surface area contributed by atoms with Crippen molar-refractivity contribution in [2.45, 2.75) is 39.2 Å². The predicted octanol–water partition coefficient (Wildman–Crippen LogP) is 3.56. The van der Waals surface area contributed by atoms with Gasteiger partial charge in [0.25, 0.3) is 6.43 Å². The van der Waals surface area contributed by atoms with E-state index in [1.54, 1.807) is 0 Å². The Morgan fingerprint density at radius 2 is 1.79 bits per heavy atom. The van der Waals surface area contributed by atoms with Gasteiger partial charge in [0.15, 0.2) is 0 Å². The van der Waals surface area contributed by atoms with Crippen molar-refractivity contribution in [3.05, 3.63) is 35.4 Å². The van der Waals surface area contributed by atoms with Gasteiger partial charge in [-0.05, 0) is 29.9 Å². The van der Waals surface area contributed by atoms with E-state index >= 15 is 0 Å². The molecule has 1 unspecified atom stereocenters. The fourth-order valence-corrected chi connectivity index (χ4v) is 1.92. The minimum absolute atomic E-state index is 0.161. The molecule has 0 saturated heterocycles. The van der Waals surface area contributed by atoms with Crippen molar-refractivity contribution in [1.29, 1.82) is 0 Å². The van der Waals surface area contributed by atoms with Gasteiger partial charge in [-0.2, -0.15) is 0 Å². The molecule has 0 spiro atoms. The summed E-state index contributed by atoms with van der Waals surface area (Å²) in [5.41, 5.74) is 8.31. The number of hydrogen-bond acceptors (Lipinski definition) is 2. The van der Waals surface area contributed by atoms with Crippen LogP contribution in [-0.2, 0) is 11.2 Å². The molecular weight excluding hydrogens is 248 g/mol. The summed E-state index contributed by atoms with van der Waals surface area (Å²) in [5.74, 6) is 0.627. The molecule has 0 saturated carbocycles. The van der Waals surface area contributed by atoms with E-state index in [-0.39, 0.29) is 12.6 Å². The summed E-state index contributed by atoms with van der Waals surface area (Å²) in [6.45, 7) is 4.11. The third-order valence-electron chi connectivity index (χ3n) is 2.87. The highest BCUT2D eigenvalue weighted by Crippen LogP contribution is 2.16. The zero-order valence-electron chi connectivity index (χ0n) is 11.6. The lowest BCUT2D eigenvalue weighted by Crippen LogP contribution is -2.14. The van der Waals surface area contributed by atoms with Crippen molar-refractivity contribution < 1.29 is 13.5 Å². The van der Waals surface area contributed by atoms with Gasteiger partial charge in [0.2, 0.25) is 0 Å². The summed E-state index contributed by atoms with van der Waals surface area (Å²) in [5, 5.41) is 0. The summed E-state index contributed by atoms with van der Waals surface area (Å²) in [6.07, 6.45) is -0.810. The third-order valence-corrected chi connectivity index (χ3v) is 2.87. The second-order valence-corrected chi connectivity index (χ2v) is 5.20. The van der Waals surface area contributed by atoms with Crippen LogP contribution in [0.15, 0.2) is 24.3 Å². The average molecular weight is 271 g/mol. The van der Waals surface area contributed by atoms with E-state index in [1.165, 1.54) is 5.56 Å². The van der Waals surface area contributed by atoms with E-state index in [4.69, 9.17) is 10.5 Å². The van der Waals surface area contributed by atoms with Crippen molar-refractivity contribution in [2.24, 2.45) is 11.7 Å². The standard InChI is InChI=1S/C15H23F2NO/c1-11(2)9-12-3-5-13(6-4-12)14(18)7-8-19-10-15(16)17/h3-6,11,14-15H,7-10,18H2,1-2H3. The summed E-state index contributed by atoms with van der Waals surface area (Å²) in [7, 11) is 0. The molecule has 0 aliphatic heterocycles. The fourth-order valence-electron chi connectivity index (χ4n) is 1.92. The number of alkyl halides is 2. The lowest BCUT2D eigenvalue weighted by atomic mass is 9.99. The first-order chi connectivity index (χ1) is 8.99. The maximum atomic E-state index is 11.9. The molecule has 1 rings (SSSR count). The molecule has 19 heavy (non-hydrogen) atoms. The van der Waals surface area contributed by atoms with Gasteiger partial charge in [0, 0.05) is 12.6 Å². The van der Waals surface area contributed by atoms with Gasteiger partial charge in [0.1, 0.15) is 6.61 Å². The van der Waals surface area contributed by atoms with Gasteiger partial charge >= 0.3 is 0 Å². The minimum Gasteiger partial charge on any atom is -0.375 e. The lowest BCUT2D eigenvalue weighted by Gasteiger charge is -2.13. The van der Waals surface area contributed by atoms with Crippen LogP contribution in [0.2, 0.25) is 0 Å². The Morgan fingerprint density at radius 1 is 1.16 bits per heavy atom. The van der Waals surface area contributed by atoms with Gasteiger partial charge in [0.05, 0.1) is 0 Å². The lowest BCUT2D eigenvalue weighted by molar-refractivity contribution is 0.0152. The Kier molecular flexibility index (Phi) is 6.95. The van der Waals surface area contributed by atoms with Crippen LogP contribution in [-0.4, -0.2) is 19.6 Å². The van der Waals surface area contributed by atoms with E-state index in [0.717, 1.165) is 12.0 Å². The number of nitrogens with two attached hydrogens (primary N) is 1. The van der Waals surface area contributed by atoms with E-state index in [9.17, 15) is 8.78 Å². The molecule has 1 aromatic carbocycles. The van der Waals surface area contributed by atoms with Gasteiger partial charge in [-0.1, -0.05) is 38.1 Å². The molecular formula is C15H23F2NO. The van der Waals surface area contributed by atoms with Crippen molar-refractivity contribution in [3.8, 4) is 0 Å². The van der Waals surface area contributed by atoms with E-state index in [0.29, 0.717) is 12.3 Å². The third kappa shape index (κ3) is 6.64. The first-order valence-electron chi connectivity index (χ1n) is 6.69. The normalized spacial score (nSPS) is 13.2. The molecule has 0 radical (unpaired) electrons. The molecule has 1 atom stereocenters. The molecule has 108 valence electrons. The number of rotatable bonds is 8. The molecule has 2 nitrogen and oxygen atoms in total. The van der Waals surface area contributed by atoms with Crippen LogP contribution in [0, 0.1) is 5.92 Å². The molecule has 4 heteroatoms. The molecule has 2 N–H and O–H groups in total. The van der Waals surface area contributed by atoms with Crippen molar-refractivity contribution in [3.63, 3.8) is 0 Å². The largest absolute Gasteiger partial charge is 0.375 e. The van der Waals surface area contributed by atoms with Gasteiger partial charge in [-0.25, -0.2) is 8.78 Å². The Morgan fingerprint density at radius 3 is 2.32 bits per heavy atom. The van der Waals surface area contributed by atoms with Crippen LogP contribution in [0.3, 0.4) is 0 Å². The quantitative estimate of drug-likeness (QED) is 0.734. The van der Waals surface area contributed by atoms with Crippen LogP contribution in [0.4, 0.5) is 8.78 Å². The molecule has 0 bridgehead atoms. The van der Waals surface area contributed by atoms with Gasteiger partial charge in [-0.3, -0.25) is 0 Å². The average Bonchev–Trinajstić information content (AvgIpc) is 2.34. The topological polar surface area (TPSA) is 35.2 Å². The van der Waals surface area contributed by atoms with E-state index in [2.05, 4.69) is 26.0 Å². The molecule has 0 aliphatic rings. The summed E-state index contributed by atoms with van der Waals surface area (Å²) in [4.78, 5) is 0. The van der Waals surface area contributed by atoms with Crippen molar-refractivity contribution in [2.75, 3.05) is 13.2 Å². The number of ether oxygens (including phenoxy) is 1. The smallest absolute Gasteiger partial charge is 0.261 e. The molecule has 0 amide bonds. The van der Waals surface area contributed by atoms with Gasteiger partial charge < -0.3 is 10.5 Å². The zero-order chi connectivity index (χ0) is 14.3. The Labute approximate surface area is 114 Å². The predicted molar refractivity (Wildman–Crippen MR) is 73.4 cm³/mol. The highest BCUT2D eigenvalue weighted by Gasteiger charge is 2.08. The van der Waals surface area contributed by atoms with Crippen LogP contribution in [0.1, 0.15) is 37.4 Å². The maximum absolute atomic E-state index is 11.9. The fraction of sp³-hybridized carbons (Fsp3) is 0.600. The van der Waals surface area contributed by atoms with Crippen molar-refractivity contribution >= 4 is 0 Å². The number of hydrogen-bond donors (Lipinski definition) is 1. The Balaban J connectivity index is 2.37. The second kappa shape index (κ2) is 8.23. The summed E-state index contributed by atoms with van der Waals surface area (Å²) in [6, 6.07) is 8.01. The van der Waals surface area contributed by atoms with Crippen LogP contribution >= 0.6 is 0 Å². The second-order valence-electron chi connectivity index (χ2n) is 5.20. The molecule has 0 fully saturated rings. The SMILES string of the molecule is CC(C)Cc1ccc(C(N)CCOCC(F)F)cc1. The monoisotopic (exact) mass is 271 g/mol. The maximum Gasteiger partial charge on any atom is 0.261 e. The summed E-state index contributed by atoms with van der Waals surface area (Å²) >= 11 is 0. The zero-order valence-corrected chi connectivity index (χ0v) is 11.6. The number of halogens is 2.